The lowest BCUT2D eigenvalue weighted by Gasteiger charge is -2.27. The average Bonchev–Trinajstić information content (AvgIpc) is 2.71. The summed E-state index contributed by atoms with van der Waals surface area (Å²) in [4.78, 5) is 0. The van der Waals surface area contributed by atoms with E-state index < -0.39 is 0 Å². The van der Waals surface area contributed by atoms with E-state index in [0.29, 0.717) is 0 Å². The van der Waals surface area contributed by atoms with Crippen LogP contribution in [0.1, 0.15) is 45.4 Å². The Morgan fingerprint density at radius 2 is 1.82 bits per heavy atom. The van der Waals surface area contributed by atoms with Crippen LogP contribution in [0.15, 0.2) is 0 Å². The summed E-state index contributed by atoms with van der Waals surface area (Å²) in [5.74, 6) is 0.972. The zero-order chi connectivity index (χ0) is 7.68. The molecular formula is C10H19N. The molecule has 2 atom stereocenters. The fourth-order valence-corrected chi connectivity index (χ4v) is 2.17. The van der Waals surface area contributed by atoms with E-state index in [1.165, 1.54) is 38.5 Å². The fourth-order valence-electron chi connectivity index (χ4n) is 2.17. The molecule has 0 amide bonds. The van der Waals surface area contributed by atoms with Crippen molar-refractivity contribution in [3.8, 4) is 0 Å². The molecule has 1 N–H and O–H groups in total. The van der Waals surface area contributed by atoms with E-state index in [4.69, 9.17) is 0 Å². The molecule has 0 spiro atoms. The predicted molar refractivity (Wildman–Crippen MR) is 47.6 cm³/mol. The van der Waals surface area contributed by atoms with Gasteiger partial charge in [0.25, 0.3) is 0 Å². The molecular weight excluding hydrogens is 134 g/mol. The predicted octanol–water partition coefficient (Wildman–Crippen LogP) is 2.32. The molecule has 11 heavy (non-hydrogen) atoms. The fraction of sp³-hybridized carbons (Fsp3) is 1.00. The first-order chi connectivity index (χ1) is 5.34. The number of hydrogen-bond acceptors (Lipinski definition) is 1. The summed E-state index contributed by atoms with van der Waals surface area (Å²) in [5, 5.41) is 3.72. The standard InChI is InChI=1S/C10H19N/c1-8-3-2-4-10(7-8)11-9-5-6-9/h8-11H,2-7H2,1H3. The molecule has 0 aromatic rings. The van der Waals surface area contributed by atoms with Crippen LogP contribution < -0.4 is 5.32 Å². The summed E-state index contributed by atoms with van der Waals surface area (Å²) in [6, 6.07) is 1.77. The molecule has 0 radical (unpaired) electrons. The second kappa shape index (κ2) is 3.14. The van der Waals surface area contributed by atoms with E-state index in [-0.39, 0.29) is 0 Å². The summed E-state index contributed by atoms with van der Waals surface area (Å²) in [6.45, 7) is 2.39. The maximum absolute atomic E-state index is 3.72. The van der Waals surface area contributed by atoms with E-state index in [0.717, 1.165) is 18.0 Å². The highest BCUT2D eigenvalue weighted by Crippen LogP contribution is 2.27. The Morgan fingerprint density at radius 3 is 2.45 bits per heavy atom. The van der Waals surface area contributed by atoms with Crippen LogP contribution in [-0.2, 0) is 0 Å². The van der Waals surface area contributed by atoms with Gasteiger partial charge in [-0.25, -0.2) is 0 Å². The third kappa shape index (κ3) is 2.19. The van der Waals surface area contributed by atoms with Gasteiger partial charge in [-0.2, -0.15) is 0 Å². The third-order valence-corrected chi connectivity index (χ3v) is 2.99. The summed E-state index contributed by atoms with van der Waals surface area (Å²) in [7, 11) is 0. The van der Waals surface area contributed by atoms with Crippen LogP contribution in [0.3, 0.4) is 0 Å². The second-order valence-electron chi connectivity index (χ2n) is 4.41. The van der Waals surface area contributed by atoms with Crippen LogP contribution in [0.2, 0.25) is 0 Å². The van der Waals surface area contributed by atoms with E-state index in [2.05, 4.69) is 12.2 Å². The van der Waals surface area contributed by atoms with Crippen molar-refractivity contribution < 1.29 is 0 Å². The van der Waals surface area contributed by atoms with Crippen molar-refractivity contribution in [2.75, 3.05) is 0 Å². The number of nitrogens with one attached hydrogen (secondary N) is 1. The first-order valence-electron chi connectivity index (χ1n) is 5.10. The van der Waals surface area contributed by atoms with Gasteiger partial charge in [0.15, 0.2) is 0 Å². The zero-order valence-corrected chi connectivity index (χ0v) is 7.47. The van der Waals surface area contributed by atoms with E-state index >= 15 is 0 Å². The monoisotopic (exact) mass is 153 g/mol. The Kier molecular flexibility index (Phi) is 2.17. The van der Waals surface area contributed by atoms with Crippen LogP contribution in [0.4, 0.5) is 0 Å². The molecule has 0 aliphatic heterocycles. The van der Waals surface area contributed by atoms with E-state index in [9.17, 15) is 0 Å². The molecule has 2 aliphatic carbocycles. The molecule has 1 heteroatoms. The molecule has 2 saturated carbocycles. The minimum absolute atomic E-state index is 0.867. The van der Waals surface area contributed by atoms with Crippen molar-refractivity contribution in [3.63, 3.8) is 0 Å². The normalized spacial score (nSPS) is 39.0. The van der Waals surface area contributed by atoms with E-state index in [1.54, 1.807) is 0 Å². The maximum Gasteiger partial charge on any atom is 0.00721 e. The molecule has 2 fully saturated rings. The first-order valence-corrected chi connectivity index (χ1v) is 5.10. The highest BCUT2D eigenvalue weighted by molar-refractivity contribution is 4.86. The summed E-state index contributed by atoms with van der Waals surface area (Å²) in [5.41, 5.74) is 0. The quantitative estimate of drug-likeness (QED) is 0.642. The molecule has 0 heterocycles. The van der Waals surface area contributed by atoms with Crippen LogP contribution in [0.5, 0.6) is 0 Å². The molecule has 64 valence electrons. The van der Waals surface area contributed by atoms with Gasteiger partial charge < -0.3 is 5.32 Å². The molecule has 2 rings (SSSR count). The van der Waals surface area contributed by atoms with Crippen molar-refractivity contribution in [1.29, 1.82) is 0 Å². The topological polar surface area (TPSA) is 12.0 Å². The number of rotatable bonds is 2. The lowest BCUT2D eigenvalue weighted by molar-refractivity contribution is 0.300. The van der Waals surface area contributed by atoms with E-state index in [1.807, 2.05) is 0 Å². The Morgan fingerprint density at radius 1 is 1.00 bits per heavy atom. The molecule has 2 unspecified atom stereocenters. The van der Waals surface area contributed by atoms with Crippen LogP contribution in [0.25, 0.3) is 0 Å². The summed E-state index contributed by atoms with van der Waals surface area (Å²) in [6.07, 6.45) is 8.64. The first kappa shape index (κ1) is 7.60. The van der Waals surface area contributed by atoms with Crippen LogP contribution >= 0.6 is 0 Å². The van der Waals surface area contributed by atoms with Crippen LogP contribution in [0, 0.1) is 5.92 Å². The highest BCUT2D eigenvalue weighted by atomic mass is 15.0. The van der Waals surface area contributed by atoms with Gasteiger partial charge in [-0.05, 0) is 31.6 Å². The Bertz CT molecular complexity index is 127. The van der Waals surface area contributed by atoms with Crippen LogP contribution in [-0.4, -0.2) is 12.1 Å². The summed E-state index contributed by atoms with van der Waals surface area (Å²) < 4.78 is 0. The Balaban J connectivity index is 1.73. The Hall–Kier alpha value is -0.0400. The van der Waals surface area contributed by atoms with Crippen molar-refractivity contribution in [3.05, 3.63) is 0 Å². The van der Waals surface area contributed by atoms with Gasteiger partial charge in [0.1, 0.15) is 0 Å². The van der Waals surface area contributed by atoms with Gasteiger partial charge >= 0.3 is 0 Å². The Labute approximate surface area is 69.6 Å². The molecule has 2 aliphatic rings. The van der Waals surface area contributed by atoms with Crippen molar-refractivity contribution in [2.24, 2.45) is 5.92 Å². The SMILES string of the molecule is CC1CCCC(NC2CC2)C1. The molecule has 0 aromatic carbocycles. The molecule has 1 nitrogen and oxygen atoms in total. The lowest BCUT2D eigenvalue weighted by Crippen LogP contribution is -2.34. The second-order valence-corrected chi connectivity index (χ2v) is 4.41. The third-order valence-electron chi connectivity index (χ3n) is 2.99. The van der Waals surface area contributed by atoms with Gasteiger partial charge in [-0.1, -0.05) is 19.8 Å². The smallest absolute Gasteiger partial charge is 0.00721 e. The largest absolute Gasteiger partial charge is 0.311 e. The molecule has 0 saturated heterocycles. The summed E-state index contributed by atoms with van der Waals surface area (Å²) >= 11 is 0. The average molecular weight is 153 g/mol. The molecule has 0 aromatic heterocycles. The van der Waals surface area contributed by atoms with Gasteiger partial charge in [-0.3, -0.25) is 0 Å². The van der Waals surface area contributed by atoms with Crippen molar-refractivity contribution >= 4 is 0 Å². The highest BCUT2D eigenvalue weighted by Gasteiger charge is 2.26. The molecule has 0 bridgehead atoms. The van der Waals surface area contributed by atoms with Crippen molar-refractivity contribution in [1.82, 2.24) is 5.32 Å². The maximum atomic E-state index is 3.72. The van der Waals surface area contributed by atoms with Gasteiger partial charge in [0, 0.05) is 12.1 Å². The number of hydrogen-bond donors (Lipinski definition) is 1. The lowest BCUT2D eigenvalue weighted by atomic mass is 9.87. The minimum Gasteiger partial charge on any atom is -0.311 e. The zero-order valence-electron chi connectivity index (χ0n) is 7.47. The van der Waals surface area contributed by atoms with Gasteiger partial charge in [0.2, 0.25) is 0 Å². The van der Waals surface area contributed by atoms with Crippen molar-refractivity contribution in [2.45, 2.75) is 57.5 Å². The minimum atomic E-state index is 0.867. The van der Waals surface area contributed by atoms with Gasteiger partial charge in [-0.15, -0.1) is 0 Å². The van der Waals surface area contributed by atoms with Gasteiger partial charge in [0.05, 0.1) is 0 Å².